The number of nitrogens with zero attached hydrogens (tertiary/aromatic N) is 1. The van der Waals surface area contributed by atoms with Gasteiger partial charge in [0.15, 0.2) is 0 Å². The molecule has 18 heavy (non-hydrogen) atoms. The van der Waals surface area contributed by atoms with E-state index in [9.17, 15) is 0 Å². The van der Waals surface area contributed by atoms with Gasteiger partial charge in [-0.15, -0.1) is 0 Å². The van der Waals surface area contributed by atoms with E-state index in [4.69, 9.17) is 0 Å². The molecule has 0 aliphatic carbocycles. The number of benzene rings is 1. The number of hydrogen-bond donors (Lipinski definition) is 0. The molecular formula is C16H22NSi. The zero-order chi connectivity index (χ0) is 13.3. The number of likely N-dealkylation sites (N-methyl/N-ethyl adjacent to an activating group) is 1. The van der Waals surface area contributed by atoms with Gasteiger partial charge in [-0.05, 0) is 36.4 Å². The summed E-state index contributed by atoms with van der Waals surface area (Å²) in [6.45, 7) is 9.04. The monoisotopic (exact) mass is 256 g/mol. The Morgan fingerprint density at radius 1 is 1.17 bits per heavy atom. The van der Waals surface area contributed by atoms with Crippen LogP contribution in [0.2, 0.25) is 13.1 Å². The average Bonchev–Trinajstić information content (AvgIpc) is 2.30. The van der Waals surface area contributed by atoms with Gasteiger partial charge >= 0.3 is 0 Å². The summed E-state index contributed by atoms with van der Waals surface area (Å²) in [4.78, 5) is 2.34. The highest BCUT2D eigenvalue weighted by molar-refractivity contribution is 6.64. The fraction of sp³-hybridized carbons (Fsp3) is 0.375. The minimum Gasteiger partial charge on any atom is -0.370 e. The maximum atomic E-state index is 2.34. The van der Waals surface area contributed by atoms with Crippen LogP contribution in [-0.2, 0) is 0 Å². The third-order valence-corrected chi connectivity index (χ3v) is 5.01. The van der Waals surface area contributed by atoms with E-state index in [0.29, 0.717) is 6.04 Å². The molecule has 2 rings (SSSR count). The summed E-state index contributed by atoms with van der Waals surface area (Å²) in [7, 11) is 1.82. The van der Waals surface area contributed by atoms with Crippen molar-refractivity contribution in [2.45, 2.75) is 33.0 Å². The molecule has 0 fully saturated rings. The standard InChI is InChI=1S/C16H22NSi/c1-12-6-8-15(13(2)10-12)16-9-7-14(18(4)5)11-17(16)3/h6-11,16H,1-5H3. The van der Waals surface area contributed by atoms with E-state index in [1.807, 2.05) is 0 Å². The molecule has 1 unspecified atom stereocenters. The summed E-state index contributed by atoms with van der Waals surface area (Å²) in [6.07, 6.45) is 6.97. The molecule has 95 valence electrons. The van der Waals surface area contributed by atoms with Crippen molar-refractivity contribution < 1.29 is 0 Å². The van der Waals surface area contributed by atoms with Crippen LogP contribution in [0.5, 0.6) is 0 Å². The van der Waals surface area contributed by atoms with E-state index in [1.165, 1.54) is 21.9 Å². The molecule has 1 radical (unpaired) electrons. The largest absolute Gasteiger partial charge is 0.370 e. The lowest BCUT2D eigenvalue weighted by atomic mass is 9.97. The Hall–Kier alpha value is -1.28. The van der Waals surface area contributed by atoms with Crippen LogP contribution in [0.3, 0.4) is 0 Å². The molecule has 1 aliphatic heterocycles. The molecular weight excluding hydrogens is 234 g/mol. The second kappa shape index (κ2) is 5.15. The summed E-state index contributed by atoms with van der Waals surface area (Å²) in [6, 6.07) is 7.12. The molecule has 0 bridgehead atoms. The van der Waals surface area contributed by atoms with Gasteiger partial charge in [-0.3, -0.25) is 0 Å². The number of aryl methyl sites for hydroxylation is 2. The minimum absolute atomic E-state index is 0.356. The molecule has 1 nitrogen and oxygen atoms in total. The summed E-state index contributed by atoms with van der Waals surface area (Å²) >= 11 is 0. The lowest BCUT2D eigenvalue weighted by Gasteiger charge is -2.30. The Morgan fingerprint density at radius 2 is 1.89 bits per heavy atom. The Bertz CT molecular complexity index is 500. The van der Waals surface area contributed by atoms with E-state index in [1.54, 1.807) is 0 Å². The van der Waals surface area contributed by atoms with Crippen molar-refractivity contribution in [2.24, 2.45) is 0 Å². The van der Waals surface area contributed by atoms with Crippen LogP contribution < -0.4 is 0 Å². The molecule has 1 aromatic rings. The lowest BCUT2D eigenvalue weighted by Crippen LogP contribution is -2.23. The zero-order valence-corrected chi connectivity index (χ0v) is 13.0. The summed E-state index contributed by atoms with van der Waals surface area (Å²) in [5.74, 6) is 0. The molecule has 0 aromatic heterocycles. The Morgan fingerprint density at radius 3 is 2.44 bits per heavy atom. The van der Waals surface area contributed by atoms with Gasteiger partial charge in [0.1, 0.15) is 0 Å². The van der Waals surface area contributed by atoms with E-state index in [-0.39, 0.29) is 8.80 Å². The first kappa shape index (κ1) is 13.2. The van der Waals surface area contributed by atoms with Gasteiger partial charge in [-0.25, -0.2) is 0 Å². The maximum Gasteiger partial charge on any atom is 0.0811 e. The van der Waals surface area contributed by atoms with Crippen molar-refractivity contribution in [3.63, 3.8) is 0 Å². The van der Waals surface area contributed by atoms with E-state index < -0.39 is 0 Å². The molecule has 0 saturated carbocycles. The molecule has 0 N–H and O–H groups in total. The third kappa shape index (κ3) is 2.59. The molecule has 0 spiro atoms. The van der Waals surface area contributed by atoms with E-state index >= 15 is 0 Å². The van der Waals surface area contributed by atoms with Crippen molar-refractivity contribution >= 4 is 8.80 Å². The van der Waals surface area contributed by atoms with Gasteiger partial charge in [-0.2, -0.15) is 0 Å². The van der Waals surface area contributed by atoms with E-state index in [2.05, 4.69) is 75.4 Å². The second-order valence-electron chi connectivity index (χ2n) is 5.41. The van der Waals surface area contributed by atoms with Gasteiger partial charge in [0.25, 0.3) is 0 Å². The number of rotatable bonds is 2. The minimum atomic E-state index is -0.356. The predicted molar refractivity (Wildman–Crippen MR) is 81.1 cm³/mol. The van der Waals surface area contributed by atoms with Crippen LogP contribution in [0.1, 0.15) is 22.7 Å². The topological polar surface area (TPSA) is 3.24 Å². The zero-order valence-electron chi connectivity index (χ0n) is 12.0. The highest BCUT2D eigenvalue weighted by atomic mass is 28.3. The quantitative estimate of drug-likeness (QED) is 0.722. The van der Waals surface area contributed by atoms with Gasteiger partial charge in [0.2, 0.25) is 0 Å². The highest BCUT2D eigenvalue weighted by Gasteiger charge is 2.18. The SMILES string of the molecule is Cc1ccc(C2C=CC([Si](C)C)=CN2C)c(C)c1. The molecule has 1 aromatic carbocycles. The normalized spacial score (nSPS) is 19.3. The molecule has 2 heteroatoms. The van der Waals surface area contributed by atoms with Crippen LogP contribution >= 0.6 is 0 Å². The first-order valence-electron chi connectivity index (χ1n) is 6.48. The summed E-state index contributed by atoms with van der Waals surface area (Å²) in [5.41, 5.74) is 4.13. The fourth-order valence-electron chi connectivity index (χ4n) is 2.45. The maximum absolute atomic E-state index is 2.34. The molecule has 1 atom stereocenters. The van der Waals surface area contributed by atoms with Crippen LogP contribution in [-0.4, -0.2) is 20.7 Å². The molecule has 1 aliphatic rings. The lowest BCUT2D eigenvalue weighted by molar-refractivity contribution is 0.387. The number of allylic oxidation sites excluding steroid dienone is 2. The molecule has 0 saturated heterocycles. The van der Waals surface area contributed by atoms with Crippen LogP contribution in [0, 0.1) is 13.8 Å². The van der Waals surface area contributed by atoms with Crippen molar-refractivity contribution in [2.75, 3.05) is 7.05 Å². The van der Waals surface area contributed by atoms with Crippen molar-refractivity contribution in [3.8, 4) is 0 Å². The first-order chi connectivity index (χ1) is 8.49. The third-order valence-electron chi connectivity index (χ3n) is 3.56. The van der Waals surface area contributed by atoms with Crippen molar-refractivity contribution in [1.82, 2.24) is 4.90 Å². The van der Waals surface area contributed by atoms with Gasteiger partial charge in [-0.1, -0.05) is 49.0 Å². The number of hydrogen-bond acceptors (Lipinski definition) is 1. The highest BCUT2D eigenvalue weighted by Crippen LogP contribution is 2.29. The van der Waals surface area contributed by atoms with Gasteiger partial charge in [0, 0.05) is 7.05 Å². The predicted octanol–water partition coefficient (Wildman–Crippen LogP) is 4.02. The van der Waals surface area contributed by atoms with Crippen molar-refractivity contribution in [1.29, 1.82) is 0 Å². The summed E-state index contributed by atoms with van der Waals surface area (Å²) in [5, 5.41) is 1.50. The average molecular weight is 256 g/mol. The second-order valence-corrected chi connectivity index (χ2v) is 7.99. The van der Waals surface area contributed by atoms with Crippen LogP contribution in [0.15, 0.2) is 41.7 Å². The van der Waals surface area contributed by atoms with Gasteiger partial charge < -0.3 is 4.90 Å². The smallest absolute Gasteiger partial charge is 0.0811 e. The van der Waals surface area contributed by atoms with Gasteiger partial charge in [0.05, 0.1) is 14.8 Å². The van der Waals surface area contributed by atoms with Crippen LogP contribution in [0.4, 0.5) is 0 Å². The first-order valence-corrected chi connectivity index (χ1v) is 8.98. The van der Waals surface area contributed by atoms with Crippen molar-refractivity contribution in [3.05, 3.63) is 58.4 Å². The van der Waals surface area contributed by atoms with Crippen LogP contribution in [0.25, 0.3) is 0 Å². The van der Waals surface area contributed by atoms with E-state index in [0.717, 1.165) is 0 Å². The summed E-state index contributed by atoms with van der Waals surface area (Å²) < 4.78 is 0. The molecule has 0 amide bonds. The Kier molecular flexibility index (Phi) is 3.76. The Balaban J connectivity index is 2.29. The Labute approximate surface area is 112 Å². The molecule has 1 heterocycles. The fourth-order valence-corrected chi connectivity index (χ4v) is 3.34.